The molecule has 1 aliphatic rings. The predicted octanol–water partition coefficient (Wildman–Crippen LogP) is 6.47. The summed E-state index contributed by atoms with van der Waals surface area (Å²) in [5.74, 6) is 0.856. The first-order valence-electron chi connectivity index (χ1n) is 13.7. The number of nitrogens with zero attached hydrogens (tertiary/aromatic N) is 4. The quantitative estimate of drug-likeness (QED) is 0.258. The summed E-state index contributed by atoms with van der Waals surface area (Å²) < 4.78 is 46.1. The molecule has 1 N–H and O–H groups in total. The Labute approximate surface area is 253 Å². The van der Waals surface area contributed by atoms with Gasteiger partial charge in [-0.2, -0.15) is 13.2 Å². The Balaban J connectivity index is 0.00000423. The number of aryl methyl sites for hydroxylation is 1. The van der Waals surface area contributed by atoms with Crippen LogP contribution in [0.4, 0.5) is 18.9 Å². The van der Waals surface area contributed by atoms with Gasteiger partial charge in [0.2, 0.25) is 5.88 Å². The Kier molecular flexibility index (Phi) is 9.66. The molecule has 0 atom stereocenters. The number of alkyl halides is 3. The molecule has 2 aromatic heterocycles. The van der Waals surface area contributed by atoms with Gasteiger partial charge in [-0.25, -0.2) is 4.98 Å². The van der Waals surface area contributed by atoms with Gasteiger partial charge in [0.15, 0.2) is 0 Å². The van der Waals surface area contributed by atoms with Crippen molar-refractivity contribution in [1.29, 1.82) is 0 Å². The molecule has 43 heavy (non-hydrogen) atoms. The molecular weight excluding hydrogens is 583 g/mol. The molecule has 5 rings (SSSR count). The molecule has 0 bridgehead atoms. The highest BCUT2D eigenvalue weighted by Gasteiger charge is 2.30. The van der Waals surface area contributed by atoms with Crippen molar-refractivity contribution in [1.82, 2.24) is 19.4 Å². The van der Waals surface area contributed by atoms with Crippen LogP contribution < -0.4 is 10.1 Å². The first-order valence-corrected chi connectivity index (χ1v) is 13.7. The topological polar surface area (TPSA) is 79.7 Å². The summed E-state index contributed by atoms with van der Waals surface area (Å²) in [6.45, 7) is 8.58. The summed E-state index contributed by atoms with van der Waals surface area (Å²) in [7, 11) is 1.86. The van der Waals surface area contributed by atoms with Gasteiger partial charge in [0, 0.05) is 62.9 Å². The van der Waals surface area contributed by atoms with E-state index in [0.717, 1.165) is 54.8 Å². The van der Waals surface area contributed by atoms with Crippen molar-refractivity contribution in [3.05, 3.63) is 83.7 Å². The number of hydrogen-bond acceptors (Lipinski definition) is 5. The first kappa shape index (κ1) is 31.8. The van der Waals surface area contributed by atoms with Crippen LogP contribution >= 0.6 is 12.4 Å². The third-order valence-electron chi connectivity index (χ3n) is 7.21. The van der Waals surface area contributed by atoms with Gasteiger partial charge in [-0.05, 0) is 54.4 Å². The van der Waals surface area contributed by atoms with Crippen LogP contribution in [0.3, 0.4) is 0 Å². The number of amides is 2. The average molecular weight is 616 g/mol. The van der Waals surface area contributed by atoms with E-state index in [1.165, 1.54) is 6.20 Å². The number of halogens is 4. The largest absolute Gasteiger partial charge is 0.439 e. The van der Waals surface area contributed by atoms with Gasteiger partial charge in [-0.15, -0.1) is 12.4 Å². The maximum atomic E-state index is 13.3. The summed E-state index contributed by atoms with van der Waals surface area (Å²) >= 11 is 0. The van der Waals surface area contributed by atoms with Gasteiger partial charge < -0.3 is 19.5 Å². The number of carbonyl (C=O) groups excluding carboxylic acids is 2. The highest BCUT2D eigenvalue weighted by Crippen LogP contribution is 2.30. The van der Waals surface area contributed by atoms with Gasteiger partial charge in [0.05, 0.1) is 23.0 Å². The van der Waals surface area contributed by atoms with E-state index in [9.17, 15) is 22.8 Å². The number of ether oxygens (including phenoxy) is 1. The fourth-order valence-electron chi connectivity index (χ4n) is 5.04. The molecule has 0 aliphatic carbocycles. The summed E-state index contributed by atoms with van der Waals surface area (Å²) in [4.78, 5) is 34.3. The van der Waals surface area contributed by atoms with Gasteiger partial charge in [0.25, 0.3) is 11.8 Å². The predicted molar refractivity (Wildman–Crippen MR) is 161 cm³/mol. The van der Waals surface area contributed by atoms with Gasteiger partial charge in [-0.1, -0.05) is 13.8 Å². The van der Waals surface area contributed by atoms with Crippen LogP contribution in [0.2, 0.25) is 0 Å². The Morgan fingerprint density at radius 2 is 1.67 bits per heavy atom. The number of fused-ring (bicyclic) bond motifs is 1. The molecule has 2 amide bonds. The van der Waals surface area contributed by atoms with E-state index in [1.54, 1.807) is 18.2 Å². The zero-order valence-electron chi connectivity index (χ0n) is 24.0. The maximum absolute atomic E-state index is 13.3. The average Bonchev–Trinajstić information content (AvgIpc) is 3.29. The molecule has 228 valence electrons. The lowest BCUT2D eigenvalue weighted by atomic mass is 10.1. The Morgan fingerprint density at radius 3 is 2.28 bits per heavy atom. The number of rotatable bonds is 7. The second-order valence-corrected chi connectivity index (χ2v) is 10.8. The van der Waals surface area contributed by atoms with Crippen molar-refractivity contribution in [2.75, 3.05) is 38.0 Å². The fourth-order valence-corrected chi connectivity index (χ4v) is 5.04. The molecule has 1 fully saturated rings. The van der Waals surface area contributed by atoms with Crippen molar-refractivity contribution < 1.29 is 27.5 Å². The molecule has 2 aromatic carbocycles. The summed E-state index contributed by atoms with van der Waals surface area (Å²) in [5, 5.41) is 3.53. The van der Waals surface area contributed by atoms with Crippen molar-refractivity contribution >= 4 is 40.8 Å². The molecule has 0 unspecified atom stereocenters. The van der Waals surface area contributed by atoms with E-state index in [1.807, 2.05) is 34.7 Å². The van der Waals surface area contributed by atoms with E-state index in [0.29, 0.717) is 36.1 Å². The highest BCUT2D eigenvalue weighted by molar-refractivity contribution is 6.04. The molecule has 0 radical (unpaired) electrons. The first-order chi connectivity index (χ1) is 20.0. The van der Waals surface area contributed by atoms with Crippen LogP contribution in [-0.2, 0) is 13.2 Å². The minimum absolute atomic E-state index is 0. The van der Waals surface area contributed by atoms with E-state index in [4.69, 9.17) is 4.74 Å². The number of nitrogens with one attached hydrogen (secondary N) is 1. The number of hydrogen-bond donors (Lipinski definition) is 1. The molecule has 0 saturated carbocycles. The van der Waals surface area contributed by atoms with Crippen molar-refractivity contribution in [2.24, 2.45) is 13.0 Å². The van der Waals surface area contributed by atoms with Crippen LogP contribution in [0, 0.1) is 5.92 Å². The lowest BCUT2D eigenvalue weighted by Gasteiger charge is -2.35. The Bertz CT molecular complexity index is 1580. The lowest BCUT2D eigenvalue weighted by Crippen LogP contribution is -2.49. The normalized spacial score (nSPS) is 14.1. The Morgan fingerprint density at radius 1 is 0.977 bits per heavy atom. The second kappa shape index (κ2) is 13.0. The standard InChI is InChI=1S/C31H32F3N5O3.ClH/c1-20(2)19-38-12-14-39(15-13-38)30(41)27-16-22-6-10-25(17-26(22)37(27)3)42-28-11-9-24(18-35-28)36-29(40)21-4-7-23(8-5-21)31(32,33)34;/h4-11,16-18,20H,12-15,19H2,1-3H3,(H,36,40);1H. The third kappa shape index (κ3) is 7.47. The van der Waals surface area contributed by atoms with Crippen LogP contribution in [0.15, 0.2) is 66.9 Å². The maximum Gasteiger partial charge on any atom is 0.416 e. The fraction of sp³-hybridized carbons (Fsp3) is 0.323. The van der Waals surface area contributed by atoms with Crippen LogP contribution in [0.1, 0.15) is 40.3 Å². The van der Waals surface area contributed by atoms with Crippen molar-refractivity contribution in [3.63, 3.8) is 0 Å². The Hall–Kier alpha value is -4.09. The number of anilines is 1. The highest BCUT2D eigenvalue weighted by atomic mass is 35.5. The SMILES string of the molecule is CC(C)CN1CCN(C(=O)c2cc3ccc(Oc4ccc(NC(=O)c5ccc(C(F)(F)F)cc5)cn4)cc3n2C)CC1.Cl. The summed E-state index contributed by atoms with van der Waals surface area (Å²) in [6.07, 6.45) is -3.07. The van der Waals surface area contributed by atoms with Crippen LogP contribution in [0.25, 0.3) is 10.9 Å². The molecular formula is C31H33ClF3N5O3. The van der Waals surface area contributed by atoms with E-state index >= 15 is 0 Å². The number of benzene rings is 2. The molecule has 3 heterocycles. The minimum Gasteiger partial charge on any atom is -0.439 e. The van der Waals surface area contributed by atoms with Gasteiger partial charge in [0.1, 0.15) is 11.4 Å². The second-order valence-electron chi connectivity index (χ2n) is 10.8. The zero-order valence-corrected chi connectivity index (χ0v) is 24.8. The number of piperazine rings is 1. The molecule has 1 saturated heterocycles. The molecule has 4 aromatic rings. The van der Waals surface area contributed by atoms with Crippen LogP contribution in [0.5, 0.6) is 11.6 Å². The number of pyridine rings is 1. The number of aromatic nitrogens is 2. The zero-order chi connectivity index (χ0) is 30.0. The minimum atomic E-state index is -4.47. The van der Waals surface area contributed by atoms with E-state index in [2.05, 4.69) is 29.0 Å². The van der Waals surface area contributed by atoms with Gasteiger partial charge in [-0.3, -0.25) is 14.5 Å². The van der Waals surface area contributed by atoms with Gasteiger partial charge >= 0.3 is 6.18 Å². The van der Waals surface area contributed by atoms with Crippen molar-refractivity contribution in [3.8, 4) is 11.6 Å². The van der Waals surface area contributed by atoms with E-state index < -0.39 is 17.6 Å². The summed E-state index contributed by atoms with van der Waals surface area (Å²) in [5.41, 5.74) is 1.08. The molecule has 1 aliphatic heterocycles. The smallest absolute Gasteiger partial charge is 0.416 e. The molecule has 12 heteroatoms. The molecule has 8 nitrogen and oxygen atoms in total. The lowest BCUT2D eigenvalue weighted by molar-refractivity contribution is -0.137. The summed E-state index contributed by atoms with van der Waals surface area (Å²) in [6, 6.07) is 14.6. The van der Waals surface area contributed by atoms with E-state index in [-0.39, 0.29) is 29.8 Å². The molecule has 0 spiro atoms. The van der Waals surface area contributed by atoms with Crippen LogP contribution in [-0.4, -0.2) is 63.9 Å². The monoisotopic (exact) mass is 615 g/mol. The third-order valence-corrected chi connectivity index (χ3v) is 7.21. The number of carbonyl (C=O) groups is 2. The van der Waals surface area contributed by atoms with Crippen molar-refractivity contribution in [2.45, 2.75) is 20.0 Å².